The number of benzene rings is 3. The normalized spacial score (nSPS) is 11.4. The summed E-state index contributed by atoms with van der Waals surface area (Å²) in [4.78, 5) is 4.74. The zero-order chi connectivity index (χ0) is 21.3. The van der Waals surface area contributed by atoms with Crippen LogP contribution in [0.2, 0.25) is 5.02 Å². The summed E-state index contributed by atoms with van der Waals surface area (Å²) in [5.74, 6) is 1.34. The molecule has 0 saturated carbocycles. The van der Waals surface area contributed by atoms with Gasteiger partial charge in [-0.1, -0.05) is 11.6 Å². The number of nitrogens with one attached hydrogen (secondary N) is 1. The monoisotopic (exact) mass is 460 g/mol. The van der Waals surface area contributed by atoms with Crippen molar-refractivity contribution in [2.75, 3.05) is 18.9 Å². The maximum atomic E-state index is 12.6. The zero-order valence-electron chi connectivity index (χ0n) is 16.0. The Morgan fingerprint density at radius 3 is 2.30 bits per heavy atom. The van der Waals surface area contributed by atoms with Gasteiger partial charge in [-0.05, 0) is 60.7 Å². The first-order chi connectivity index (χ1) is 14.4. The van der Waals surface area contributed by atoms with Gasteiger partial charge in [-0.15, -0.1) is 11.3 Å². The average molecular weight is 461 g/mol. The molecule has 0 spiro atoms. The number of ether oxygens (including phenoxy) is 2. The lowest BCUT2D eigenvalue weighted by Gasteiger charge is -2.10. The molecule has 0 aliphatic carbocycles. The van der Waals surface area contributed by atoms with E-state index in [9.17, 15) is 8.42 Å². The standard InChI is InChI=1S/C21H17ClN2O4S2/c1-27-14-4-7-16(8-5-14)30(25,26)24-13-3-9-17(18(22)11-13)21-23-19-10-6-15(28-2)12-20(19)29-21/h3-12,24H,1-2H3. The fourth-order valence-electron chi connectivity index (χ4n) is 2.87. The molecule has 4 aromatic rings. The van der Waals surface area contributed by atoms with Gasteiger partial charge in [0.2, 0.25) is 0 Å². The van der Waals surface area contributed by atoms with E-state index >= 15 is 0 Å². The molecule has 0 aliphatic rings. The molecule has 1 aromatic heterocycles. The lowest BCUT2D eigenvalue weighted by atomic mass is 10.2. The van der Waals surface area contributed by atoms with Crippen LogP contribution < -0.4 is 14.2 Å². The molecule has 1 heterocycles. The van der Waals surface area contributed by atoms with Gasteiger partial charge in [0.25, 0.3) is 10.0 Å². The summed E-state index contributed by atoms with van der Waals surface area (Å²) in [6.07, 6.45) is 0. The molecule has 30 heavy (non-hydrogen) atoms. The number of fused-ring (bicyclic) bond motifs is 1. The first kappa shape index (κ1) is 20.5. The highest BCUT2D eigenvalue weighted by Gasteiger charge is 2.16. The molecule has 6 nitrogen and oxygen atoms in total. The molecule has 0 bridgehead atoms. The molecule has 0 aliphatic heterocycles. The minimum atomic E-state index is -3.75. The molecule has 4 rings (SSSR count). The summed E-state index contributed by atoms with van der Waals surface area (Å²) < 4.78 is 39.1. The molecular weight excluding hydrogens is 444 g/mol. The minimum absolute atomic E-state index is 0.128. The number of halogens is 1. The van der Waals surface area contributed by atoms with Crippen molar-refractivity contribution in [3.05, 3.63) is 65.7 Å². The Labute approximate surface area is 183 Å². The molecule has 3 aromatic carbocycles. The zero-order valence-corrected chi connectivity index (χ0v) is 18.4. The number of aromatic nitrogens is 1. The lowest BCUT2D eigenvalue weighted by molar-refractivity contribution is 0.414. The van der Waals surface area contributed by atoms with Gasteiger partial charge in [0, 0.05) is 5.56 Å². The molecule has 1 N–H and O–H groups in total. The second-order valence-corrected chi connectivity index (χ2v) is 9.45. The van der Waals surface area contributed by atoms with E-state index < -0.39 is 10.0 Å². The van der Waals surface area contributed by atoms with Crippen molar-refractivity contribution in [2.24, 2.45) is 0 Å². The Hall–Kier alpha value is -2.81. The van der Waals surface area contributed by atoms with Gasteiger partial charge in [-0.2, -0.15) is 0 Å². The van der Waals surface area contributed by atoms with Gasteiger partial charge in [0.1, 0.15) is 16.5 Å². The molecule has 154 valence electrons. The summed E-state index contributed by atoms with van der Waals surface area (Å²) in [6.45, 7) is 0. The Kier molecular flexibility index (Phi) is 5.55. The van der Waals surface area contributed by atoms with E-state index in [4.69, 9.17) is 21.1 Å². The van der Waals surface area contributed by atoms with Crippen molar-refractivity contribution in [2.45, 2.75) is 4.90 Å². The Morgan fingerprint density at radius 2 is 1.63 bits per heavy atom. The van der Waals surface area contributed by atoms with Crippen molar-refractivity contribution in [1.29, 1.82) is 0 Å². The molecule has 0 radical (unpaired) electrons. The molecule has 0 atom stereocenters. The number of nitrogens with zero attached hydrogens (tertiary/aromatic N) is 1. The Bertz CT molecular complexity index is 1320. The van der Waals surface area contributed by atoms with Gasteiger partial charge < -0.3 is 9.47 Å². The van der Waals surface area contributed by atoms with E-state index in [-0.39, 0.29) is 4.90 Å². The van der Waals surface area contributed by atoms with Crippen LogP contribution in [-0.4, -0.2) is 27.6 Å². The summed E-state index contributed by atoms with van der Waals surface area (Å²) in [5, 5.41) is 1.14. The average Bonchev–Trinajstić information content (AvgIpc) is 3.16. The number of rotatable bonds is 6. The van der Waals surface area contributed by atoms with Gasteiger partial charge >= 0.3 is 0 Å². The van der Waals surface area contributed by atoms with Crippen molar-refractivity contribution >= 4 is 48.9 Å². The third kappa shape index (κ3) is 4.07. The quantitative estimate of drug-likeness (QED) is 0.415. The van der Waals surface area contributed by atoms with Crippen molar-refractivity contribution < 1.29 is 17.9 Å². The van der Waals surface area contributed by atoms with E-state index in [1.165, 1.54) is 30.6 Å². The summed E-state index contributed by atoms with van der Waals surface area (Å²) in [5.41, 5.74) is 1.93. The predicted molar refractivity (Wildman–Crippen MR) is 120 cm³/mol. The highest BCUT2D eigenvalue weighted by molar-refractivity contribution is 7.92. The topological polar surface area (TPSA) is 77.5 Å². The van der Waals surface area contributed by atoms with Crippen LogP contribution in [0.4, 0.5) is 5.69 Å². The van der Waals surface area contributed by atoms with E-state index in [1.807, 2.05) is 18.2 Å². The van der Waals surface area contributed by atoms with Gasteiger partial charge in [-0.25, -0.2) is 13.4 Å². The maximum Gasteiger partial charge on any atom is 0.261 e. The number of hydrogen-bond donors (Lipinski definition) is 1. The maximum absolute atomic E-state index is 12.6. The largest absolute Gasteiger partial charge is 0.497 e. The van der Waals surface area contributed by atoms with E-state index in [2.05, 4.69) is 9.71 Å². The van der Waals surface area contributed by atoms with Crippen LogP contribution in [0, 0.1) is 0 Å². The fraction of sp³-hybridized carbons (Fsp3) is 0.0952. The van der Waals surface area contributed by atoms with Crippen LogP contribution in [0.15, 0.2) is 65.6 Å². The number of sulfonamides is 1. The minimum Gasteiger partial charge on any atom is -0.497 e. The van der Waals surface area contributed by atoms with Gasteiger partial charge in [-0.3, -0.25) is 4.72 Å². The molecule has 0 amide bonds. The predicted octanol–water partition coefficient (Wildman–Crippen LogP) is 5.43. The second kappa shape index (κ2) is 8.14. The van der Waals surface area contributed by atoms with Crippen molar-refractivity contribution in [3.63, 3.8) is 0 Å². The SMILES string of the molecule is COc1ccc(S(=O)(=O)Nc2ccc(-c3nc4ccc(OC)cc4s3)c(Cl)c2)cc1. The molecule has 9 heteroatoms. The molecular formula is C21H17ClN2O4S2. The highest BCUT2D eigenvalue weighted by atomic mass is 35.5. The fourth-order valence-corrected chi connectivity index (χ4v) is 5.28. The van der Waals surface area contributed by atoms with Crippen molar-refractivity contribution in [1.82, 2.24) is 4.98 Å². The van der Waals surface area contributed by atoms with Crippen LogP contribution in [0.3, 0.4) is 0 Å². The van der Waals surface area contributed by atoms with Crippen LogP contribution in [0.25, 0.3) is 20.8 Å². The summed E-state index contributed by atoms with van der Waals surface area (Å²) in [7, 11) is -0.614. The van der Waals surface area contributed by atoms with E-state index in [0.29, 0.717) is 16.5 Å². The van der Waals surface area contributed by atoms with Crippen LogP contribution >= 0.6 is 22.9 Å². The van der Waals surface area contributed by atoms with Gasteiger partial charge in [0.15, 0.2) is 0 Å². The van der Waals surface area contributed by atoms with Crippen LogP contribution in [-0.2, 0) is 10.0 Å². The number of hydrogen-bond acceptors (Lipinski definition) is 6. The first-order valence-electron chi connectivity index (χ1n) is 8.81. The van der Waals surface area contributed by atoms with Crippen molar-refractivity contribution in [3.8, 4) is 22.1 Å². The Morgan fingerprint density at radius 1 is 0.933 bits per heavy atom. The number of methoxy groups -OCH3 is 2. The second-order valence-electron chi connectivity index (χ2n) is 6.33. The lowest BCUT2D eigenvalue weighted by Crippen LogP contribution is -2.12. The summed E-state index contributed by atoms with van der Waals surface area (Å²) in [6, 6.07) is 16.8. The molecule has 0 fully saturated rings. The third-order valence-electron chi connectivity index (χ3n) is 4.42. The van der Waals surface area contributed by atoms with Gasteiger partial charge in [0.05, 0.1) is 40.0 Å². The number of thiazole rings is 1. The van der Waals surface area contributed by atoms with Crippen LogP contribution in [0.1, 0.15) is 0 Å². The first-order valence-corrected chi connectivity index (χ1v) is 11.5. The highest BCUT2D eigenvalue weighted by Crippen LogP contribution is 2.37. The summed E-state index contributed by atoms with van der Waals surface area (Å²) >= 11 is 7.94. The Balaban J connectivity index is 1.61. The van der Waals surface area contributed by atoms with E-state index in [1.54, 1.807) is 37.4 Å². The van der Waals surface area contributed by atoms with Crippen LogP contribution in [0.5, 0.6) is 11.5 Å². The number of anilines is 1. The van der Waals surface area contributed by atoms with E-state index in [0.717, 1.165) is 26.5 Å². The smallest absolute Gasteiger partial charge is 0.261 e. The molecule has 0 unspecified atom stereocenters. The third-order valence-corrected chi connectivity index (χ3v) is 7.18. The molecule has 0 saturated heterocycles.